The minimum Gasteiger partial charge on any atom is -0.381 e. The van der Waals surface area contributed by atoms with E-state index in [9.17, 15) is 19.2 Å². The van der Waals surface area contributed by atoms with Crippen LogP contribution in [0.1, 0.15) is 52.0 Å². The van der Waals surface area contributed by atoms with E-state index in [1.165, 1.54) is 0 Å². The molecular formula is C27H29N3O5. The zero-order valence-corrected chi connectivity index (χ0v) is 19.5. The first-order valence-electron chi connectivity index (χ1n) is 12.3. The van der Waals surface area contributed by atoms with Crippen LogP contribution in [0.5, 0.6) is 0 Å². The van der Waals surface area contributed by atoms with E-state index in [2.05, 4.69) is 10.6 Å². The number of rotatable bonds is 7. The van der Waals surface area contributed by atoms with Crippen molar-refractivity contribution < 1.29 is 23.9 Å². The number of imide groups is 2. The fraction of sp³-hybridized carbons (Fsp3) is 0.407. The third-order valence-electron chi connectivity index (χ3n) is 7.12. The number of nitrogens with one attached hydrogen (secondary N) is 2. The number of carbonyl (C=O) groups excluding carboxylic acids is 4. The summed E-state index contributed by atoms with van der Waals surface area (Å²) >= 11 is 0. The average Bonchev–Trinajstić information content (AvgIpc) is 3.13. The van der Waals surface area contributed by atoms with Crippen molar-refractivity contribution in [3.05, 3.63) is 59.2 Å². The van der Waals surface area contributed by atoms with Gasteiger partial charge in [-0.3, -0.25) is 29.4 Å². The molecular weight excluding hydrogens is 446 g/mol. The van der Waals surface area contributed by atoms with Crippen LogP contribution < -0.4 is 10.6 Å². The van der Waals surface area contributed by atoms with Crippen LogP contribution >= 0.6 is 0 Å². The summed E-state index contributed by atoms with van der Waals surface area (Å²) in [6.45, 7) is 3.42. The Balaban J connectivity index is 1.37. The molecule has 4 amide bonds. The lowest BCUT2D eigenvalue weighted by Crippen LogP contribution is -2.54. The molecule has 0 radical (unpaired) electrons. The topological polar surface area (TPSA) is 105 Å². The van der Waals surface area contributed by atoms with Gasteiger partial charge >= 0.3 is 0 Å². The van der Waals surface area contributed by atoms with Crippen molar-refractivity contribution in [2.45, 2.75) is 38.1 Å². The minimum atomic E-state index is -0.974. The monoisotopic (exact) mass is 475 g/mol. The zero-order valence-electron chi connectivity index (χ0n) is 19.5. The van der Waals surface area contributed by atoms with Crippen molar-refractivity contribution >= 4 is 23.6 Å². The molecule has 35 heavy (non-hydrogen) atoms. The van der Waals surface area contributed by atoms with Gasteiger partial charge in [0.15, 0.2) is 0 Å². The second-order valence-corrected chi connectivity index (χ2v) is 9.34. The molecule has 0 spiro atoms. The van der Waals surface area contributed by atoms with Gasteiger partial charge in [-0.1, -0.05) is 36.4 Å². The maximum Gasteiger partial charge on any atom is 0.262 e. The van der Waals surface area contributed by atoms with Crippen LogP contribution in [0.25, 0.3) is 11.1 Å². The Labute approximate surface area is 204 Å². The predicted octanol–water partition coefficient (Wildman–Crippen LogP) is 2.31. The van der Waals surface area contributed by atoms with Gasteiger partial charge in [0.05, 0.1) is 11.1 Å². The molecule has 2 aromatic carbocycles. The number of piperidine rings is 1. The van der Waals surface area contributed by atoms with Crippen molar-refractivity contribution in [3.63, 3.8) is 0 Å². The molecule has 2 fully saturated rings. The molecule has 3 heterocycles. The van der Waals surface area contributed by atoms with Crippen LogP contribution in [0.15, 0.2) is 42.5 Å². The number of hydrogen-bond donors (Lipinski definition) is 2. The Morgan fingerprint density at radius 2 is 1.63 bits per heavy atom. The smallest absolute Gasteiger partial charge is 0.262 e. The highest BCUT2D eigenvalue weighted by atomic mass is 16.5. The van der Waals surface area contributed by atoms with Gasteiger partial charge in [0.25, 0.3) is 11.8 Å². The van der Waals surface area contributed by atoms with Crippen LogP contribution in [-0.4, -0.2) is 60.9 Å². The number of ether oxygens (including phenoxy) is 1. The first-order valence-corrected chi connectivity index (χ1v) is 12.3. The number of nitrogens with zero attached hydrogens (tertiary/aromatic N) is 1. The van der Waals surface area contributed by atoms with E-state index < -0.39 is 23.8 Å². The van der Waals surface area contributed by atoms with Gasteiger partial charge in [0, 0.05) is 19.6 Å². The van der Waals surface area contributed by atoms with Gasteiger partial charge in [-0.05, 0) is 67.4 Å². The number of amides is 4. The zero-order chi connectivity index (χ0) is 24.4. The second kappa shape index (κ2) is 10.1. The fourth-order valence-corrected chi connectivity index (χ4v) is 5.22. The molecule has 3 aliphatic rings. The third kappa shape index (κ3) is 4.63. The number of carbonyl (C=O) groups is 4. The summed E-state index contributed by atoms with van der Waals surface area (Å²) < 4.78 is 5.43. The average molecular weight is 476 g/mol. The Bertz CT molecular complexity index is 1170. The van der Waals surface area contributed by atoms with Gasteiger partial charge in [0.2, 0.25) is 11.8 Å². The van der Waals surface area contributed by atoms with Crippen molar-refractivity contribution in [3.8, 4) is 11.1 Å². The lowest BCUT2D eigenvalue weighted by atomic mass is 9.92. The van der Waals surface area contributed by atoms with Crippen molar-refractivity contribution in [2.24, 2.45) is 5.92 Å². The summed E-state index contributed by atoms with van der Waals surface area (Å²) in [6, 6.07) is 12.2. The second-order valence-electron chi connectivity index (χ2n) is 9.34. The van der Waals surface area contributed by atoms with E-state index in [4.69, 9.17) is 4.74 Å². The standard InChI is InChI=1S/C27H29N3O5/c31-23-9-8-22(25(32)29-23)30-26(33)21-7-3-6-20(24(21)27(30)34)19-5-2-1-4-18(19)10-13-28-16-17-11-14-35-15-12-17/h1-7,17,22,28H,8-16H2,(H,29,31,32). The summed E-state index contributed by atoms with van der Waals surface area (Å²) in [5.74, 6) is -1.32. The minimum absolute atomic E-state index is 0.0976. The fourth-order valence-electron chi connectivity index (χ4n) is 5.22. The van der Waals surface area contributed by atoms with Crippen LogP contribution in [-0.2, 0) is 20.7 Å². The largest absolute Gasteiger partial charge is 0.381 e. The van der Waals surface area contributed by atoms with Gasteiger partial charge in [-0.2, -0.15) is 0 Å². The quantitative estimate of drug-likeness (QED) is 0.470. The Morgan fingerprint density at radius 3 is 2.43 bits per heavy atom. The molecule has 182 valence electrons. The van der Waals surface area contributed by atoms with Crippen molar-refractivity contribution in [1.29, 1.82) is 0 Å². The van der Waals surface area contributed by atoms with E-state index in [0.717, 1.165) is 61.6 Å². The highest BCUT2D eigenvalue weighted by molar-refractivity contribution is 6.25. The molecule has 0 bridgehead atoms. The SMILES string of the molecule is O=C1CCC(N2C(=O)c3cccc(-c4ccccc4CCNCC4CCOCC4)c3C2=O)C(=O)N1. The summed E-state index contributed by atoms with van der Waals surface area (Å²) in [4.78, 5) is 51.7. The molecule has 2 aromatic rings. The van der Waals surface area contributed by atoms with Crippen LogP contribution in [0.2, 0.25) is 0 Å². The summed E-state index contributed by atoms with van der Waals surface area (Å²) in [5, 5.41) is 5.80. The molecule has 8 heteroatoms. The maximum absolute atomic E-state index is 13.5. The van der Waals surface area contributed by atoms with Crippen LogP contribution in [0, 0.1) is 5.92 Å². The molecule has 5 rings (SSSR count). The molecule has 2 saturated heterocycles. The van der Waals surface area contributed by atoms with E-state index in [0.29, 0.717) is 22.6 Å². The predicted molar refractivity (Wildman–Crippen MR) is 129 cm³/mol. The summed E-state index contributed by atoms with van der Waals surface area (Å²) in [5.41, 5.74) is 3.30. The van der Waals surface area contributed by atoms with Crippen LogP contribution in [0.3, 0.4) is 0 Å². The van der Waals surface area contributed by atoms with Gasteiger partial charge in [-0.15, -0.1) is 0 Å². The van der Waals surface area contributed by atoms with E-state index >= 15 is 0 Å². The lowest BCUT2D eigenvalue weighted by Gasteiger charge is -2.27. The van der Waals surface area contributed by atoms with E-state index in [-0.39, 0.29) is 18.7 Å². The first-order chi connectivity index (χ1) is 17.0. The van der Waals surface area contributed by atoms with E-state index in [1.807, 2.05) is 30.3 Å². The van der Waals surface area contributed by atoms with Gasteiger partial charge in [-0.25, -0.2) is 0 Å². The number of hydrogen-bond acceptors (Lipinski definition) is 6. The van der Waals surface area contributed by atoms with E-state index in [1.54, 1.807) is 12.1 Å². The number of benzene rings is 2. The Morgan fingerprint density at radius 1 is 0.886 bits per heavy atom. The molecule has 0 aromatic heterocycles. The highest BCUT2D eigenvalue weighted by Crippen LogP contribution is 2.36. The first kappa shape index (κ1) is 23.4. The molecule has 0 saturated carbocycles. The molecule has 1 unspecified atom stereocenters. The molecule has 1 atom stereocenters. The summed E-state index contributed by atoms with van der Waals surface area (Å²) in [7, 11) is 0. The number of fused-ring (bicyclic) bond motifs is 1. The molecule has 0 aliphatic carbocycles. The normalized spacial score (nSPS) is 20.8. The Kier molecular flexibility index (Phi) is 6.74. The van der Waals surface area contributed by atoms with Gasteiger partial charge in [0.1, 0.15) is 6.04 Å². The molecule has 8 nitrogen and oxygen atoms in total. The lowest BCUT2D eigenvalue weighted by molar-refractivity contribution is -0.136. The summed E-state index contributed by atoms with van der Waals surface area (Å²) in [6.07, 6.45) is 3.18. The van der Waals surface area contributed by atoms with Crippen molar-refractivity contribution in [1.82, 2.24) is 15.5 Å². The van der Waals surface area contributed by atoms with Crippen LogP contribution in [0.4, 0.5) is 0 Å². The highest BCUT2D eigenvalue weighted by Gasteiger charge is 2.45. The van der Waals surface area contributed by atoms with Crippen molar-refractivity contribution in [2.75, 3.05) is 26.3 Å². The molecule has 2 N–H and O–H groups in total. The Hall–Kier alpha value is -3.36. The third-order valence-corrected chi connectivity index (χ3v) is 7.12. The van der Waals surface area contributed by atoms with Gasteiger partial charge < -0.3 is 10.1 Å². The molecule has 3 aliphatic heterocycles. The maximum atomic E-state index is 13.5.